The van der Waals surface area contributed by atoms with E-state index in [-0.39, 0.29) is 17.4 Å². The molecule has 1 aromatic carbocycles. The van der Waals surface area contributed by atoms with E-state index in [2.05, 4.69) is 11.9 Å². The number of aromatic amines is 1. The van der Waals surface area contributed by atoms with Gasteiger partial charge in [0, 0.05) is 35.2 Å². The quantitative estimate of drug-likeness (QED) is 0.526. The Balaban J connectivity index is 2.00. The number of hydrogen-bond donors (Lipinski definition) is 1. The average Bonchev–Trinajstić information content (AvgIpc) is 3.03. The number of nitro benzene ring substituents is 1. The summed E-state index contributed by atoms with van der Waals surface area (Å²) in [6.07, 6.45) is 4.83. The van der Waals surface area contributed by atoms with Crippen molar-refractivity contribution in [3.63, 3.8) is 0 Å². The molecule has 0 saturated heterocycles. The maximum atomic E-state index is 12.6. The number of rotatable bonds is 3. The molecule has 0 spiro atoms. The molecular weight excluding hydrogens is 256 g/mol. The standard InChI is InChI=1S/C15H16N2O3/c1-9-3-2-4-11(9)15(18)13-8-16-14-7-10(17(19)20)5-6-12(13)14/h5-9,11,16H,2-4H2,1H3. The zero-order valence-corrected chi connectivity index (χ0v) is 11.3. The number of carbonyl (C=O) groups excluding carboxylic acids is 1. The van der Waals surface area contributed by atoms with Crippen molar-refractivity contribution in [2.45, 2.75) is 26.2 Å². The number of fused-ring (bicyclic) bond motifs is 1. The van der Waals surface area contributed by atoms with Crippen LogP contribution >= 0.6 is 0 Å². The first kappa shape index (κ1) is 12.8. The summed E-state index contributed by atoms with van der Waals surface area (Å²) in [5.74, 6) is 0.671. The van der Waals surface area contributed by atoms with Crippen LogP contribution < -0.4 is 0 Å². The van der Waals surface area contributed by atoms with Gasteiger partial charge >= 0.3 is 0 Å². The van der Waals surface area contributed by atoms with E-state index in [9.17, 15) is 14.9 Å². The highest BCUT2D eigenvalue weighted by atomic mass is 16.6. The highest BCUT2D eigenvalue weighted by Crippen LogP contribution is 2.35. The lowest BCUT2D eigenvalue weighted by molar-refractivity contribution is -0.384. The van der Waals surface area contributed by atoms with Crippen molar-refractivity contribution in [2.75, 3.05) is 0 Å². The van der Waals surface area contributed by atoms with E-state index in [1.807, 2.05) is 0 Å². The number of H-pyrrole nitrogens is 1. The number of nitrogens with zero attached hydrogens (tertiary/aromatic N) is 1. The van der Waals surface area contributed by atoms with Gasteiger partial charge in [0.25, 0.3) is 5.69 Å². The SMILES string of the molecule is CC1CCCC1C(=O)c1c[nH]c2cc([N+](=O)[O-])ccc12. The van der Waals surface area contributed by atoms with Crippen molar-refractivity contribution in [2.24, 2.45) is 11.8 Å². The predicted molar refractivity (Wildman–Crippen MR) is 75.8 cm³/mol. The molecule has 0 amide bonds. The number of carbonyl (C=O) groups is 1. The summed E-state index contributed by atoms with van der Waals surface area (Å²) < 4.78 is 0. The maximum absolute atomic E-state index is 12.6. The molecule has 1 aliphatic carbocycles. The van der Waals surface area contributed by atoms with Crippen LogP contribution in [0, 0.1) is 22.0 Å². The van der Waals surface area contributed by atoms with Crippen LogP contribution in [0.1, 0.15) is 36.5 Å². The van der Waals surface area contributed by atoms with Crippen molar-refractivity contribution < 1.29 is 9.72 Å². The molecule has 1 saturated carbocycles. The molecule has 0 radical (unpaired) electrons. The Labute approximate surface area is 116 Å². The highest BCUT2D eigenvalue weighted by Gasteiger charge is 2.31. The Kier molecular flexibility index (Phi) is 3.04. The normalized spacial score (nSPS) is 22.2. The molecule has 1 N–H and O–H groups in total. The fourth-order valence-corrected chi connectivity index (χ4v) is 3.17. The van der Waals surface area contributed by atoms with Gasteiger partial charge in [-0.1, -0.05) is 13.3 Å². The minimum Gasteiger partial charge on any atom is -0.360 e. The van der Waals surface area contributed by atoms with Crippen molar-refractivity contribution in [1.29, 1.82) is 0 Å². The van der Waals surface area contributed by atoms with Crippen LogP contribution in [0.3, 0.4) is 0 Å². The van der Waals surface area contributed by atoms with Gasteiger partial charge in [-0.25, -0.2) is 0 Å². The van der Waals surface area contributed by atoms with E-state index < -0.39 is 4.92 Å². The molecule has 1 aliphatic rings. The number of Topliss-reactive ketones (excluding diaryl/α,β-unsaturated/α-hetero) is 1. The predicted octanol–water partition coefficient (Wildman–Crippen LogP) is 3.70. The molecule has 0 aliphatic heterocycles. The third-order valence-electron chi connectivity index (χ3n) is 4.34. The topological polar surface area (TPSA) is 76.0 Å². The van der Waals surface area contributed by atoms with Crippen molar-refractivity contribution in [3.05, 3.63) is 40.1 Å². The minimum atomic E-state index is -0.430. The van der Waals surface area contributed by atoms with Gasteiger partial charge in [-0.3, -0.25) is 14.9 Å². The van der Waals surface area contributed by atoms with Crippen LogP contribution in [0.25, 0.3) is 10.9 Å². The largest absolute Gasteiger partial charge is 0.360 e. The lowest BCUT2D eigenvalue weighted by Gasteiger charge is -2.13. The van der Waals surface area contributed by atoms with Gasteiger partial charge in [0.15, 0.2) is 5.78 Å². The van der Waals surface area contributed by atoms with E-state index >= 15 is 0 Å². The summed E-state index contributed by atoms with van der Waals surface area (Å²) in [5.41, 5.74) is 1.34. The molecular formula is C15H16N2O3. The number of non-ortho nitro benzene ring substituents is 1. The minimum absolute atomic E-state index is 0.0348. The number of aromatic nitrogens is 1. The molecule has 0 bridgehead atoms. The Bertz CT molecular complexity index is 689. The van der Waals surface area contributed by atoms with E-state index in [1.54, 1.807) is 12.3 Å². The summed E-state index contributed by atoms with van der Waals surface area (Å²) in [6.45, 7) is 2.12. The molecule has 1 heterocycles. The lowest BCUT2D eigenvalue weighted by atomic mass is 9.89. The van der Waals surface area contributed by atoms with Crippen LogP contribution in [0.15, 0.2) is 24.4 Å². The third-order valence-corrected chi connectivity index (χ3v) is 4.34. The Morgan fingerprint density at radius 1 is 1.40 bits per heavy atom. The van der Waals surface area contributed by atoms with E-state index in [1.165, 1.54) is 12.1 Å². The molecule has 5 nitrogen and oxygen atoms in total. The summed E-state index contributed by atoms with van der Waals surface area (Å²) in [5, 5.41) is 11.5. The highest BCUT2D eigenvalue weighted by molar-refractivity contribution is 6.09. The molecule has 3 rings (SSSR count). The number of hydrogen-bond acceptors (Lipinski definition) is 3. The van der Waals surface area contributed by atoms with Crippen molar-refractivity contribution in [3.8, 4) is 0 Å². The molecule has 2 atom stereocenters. The first-order valence-electron chi connectivity index (χ1n) is 6.87. The molecule has 2 aromatic rings. The van der Waals surface area contributed by atoms with E-state index in [4.69, 9.17) is 0 Å². The smallest absolute Gasteiger partial charge is 0.271 e. The molecule has 20 heavy (non-hydrogen) atoms. The number of nitro groups is 1. The Morgan fingerprint density at radius 3 is 2.85 bits per heavy atom. The number of nitrogens with one attached hydrogen (secondary N) is 1. The summed E-state index contributed by atoms with van der Waals surface area (Å²) >= 11 is 0. The van der Waals surface area contributed by atoms with E-state index in [0.717, 1.165) is 24.6 Å². The van der Waals surface area contributed by atoms with Crippen molar-refractivity contribution >= 4 is 22.4 Å². The van der Waals surface area contributed by atoms with Crippen LogP contribution in [-0.2, 0) is 0 Å². The second kappa shape index (κ2) is 4.74. The van der Waals surface area contributed by atoms with Crippen LogP contribution in [0.5, 0.6) is 0 Å². The van der Waals surface area contributed by atoms with E-state index in [0.29, 0.717) is 17.0 Å². The van der Waals surface area contributed by atoms with Gasteiger partial charge in [0.1, 0.15) is 0 Å². The second-order valence-corrected chi connectivity index (χ2v) is 5.57. The molecule has 1 fully saturated rings. The van der Waals surface area contributed by atoms with Crippen molar-refractivity contribution in [1.82, 2.24) is 4.98 Å². The van der Waals surface area contributed by atoms with Gasteiger partial charge in [0.05, 0.1) is 10.4 Å². The third kappa shape index (κ3) is 1.99. The Morgan fingerprint density at radius 2 is 2.20 bits per heavy atom. The van der Waals surface area contributed by atoms with Crippen LogP contribution in [0.4, 0.5) is 5.69 Å². The number of benzene rings is 1. The average molecular weight is 272 g/mol. The monoisotopic (exact) mass is 272 g/mol. The van der Waals surface area contributed by atoms with Crippen LogP contribution in [-0.4, -0.2) is 15.7 Å². The fraction of sp³-hybridized carbons (Fsp3) is 0.400. The molecule has 104 valence electrons. The second-order valence-electron chi connectivity index (χ2n) is 5.57. The van der Waals surface area contributed by atoms with Gasteiger partial charge in [-0.05, 0) is 24.8 Å². The first-order valence-corrected chi connectivity index (χ1v) is 6.87. The lowest BCUT2D eigenvalue weighted by Crippen LogP contribution is -2.16. The van der Waals surface area contributed by atoms with Crippen LogP contribution in [0.2, 0.25) is 0 Å². The zero-order chi connectivity index (χ0) is 14.3. The fourth-order valence-electron chi connectivity index (χ4n) is 3.17. The summed E-state index contributed by atoms with van der Waals surface area (Å²) in [6, 6.07) is 4.59. The summed E-state index contributed by atoms with van der Waals surface area (Å²) in [4.78, 5) is 25.9. The zero-order valence-electron chi connectivity index (χ0n) is 11.3. The first-order chi connectivity index (χ1) is 9.58. The molecule has 1 aromatic heterocycles. The van der Waals surface area contributed by atoms with Gasteiger partial charge in [-0.2, -0.15) is 0 Å². The molecule has 5 heteroatoms. The van der Waals surface area contributed by atoms with Gasteiger partial charge in [0.2, 0.25) is 0 Å². The van der Waals surface area contributed by atoms with Gasteiger partial charge in [-0.15, -0.1) is 0 Å². The maximum Gasteiger partial charge on any atom is 0.271 e. The Hall–Kier alpha value is -2.17. The summed E-state index contributed by atoms with van der Waals surface area (Å²) in [7, 11) is 0. The number of ketones is 1. The molecule has 2 unspecified atom stereocenters. The van der Waals surface area contributed by atoms with Gasteiger partial charge < -0.3 is 4.98 Å².